The number of hydrazone groups is 1. The van der Waals surface area contributed by atoms with Crippen molar-refractivity contribution in [2.24, 2.45) is 16.7 Å². The second kappa shape index (κ2) is 19.6. The summed E-state index contributed by atoms with van der Waals surface area (Å²) in [7, 11) is 0. The molecular formula is C36H40ClN7O10. The van der Waals surface area contributed by atoms with Crippen LogP contribution in [0.5, 0.6) is 0 Å². The lowest BCUT2D eigenvalue weighted by atomic mass is 9.98. The van der Waals surface area contributed by atoms with Crippen molar-refractivity contribution in [1.82, 2.24) is 14.7 Å². The summed E-state index contributed by atoms with van der Waals surface area (Å²) in [5.74, 6) is 5.96. The number of nitrogens with two attached hydrogens (primary N) is 2. The maximum absolute atomic E-state index is 13.0. The van der Waals surface area contributed by atoms with E-state index in [1.165, 1.54) is 13.8 Å². The Morgan fingerprint density at radius 3 is 2.43 bits per heavy atom. The van der Waals surface area contributed by atoms with E-state index in [2.05, 4.69) is 14.9 Å². The summed E-state index contributed by atoms with van der Waals surface area (Å²) < 4.78 is 22.1. The van der Waals surface area contributed by atoms with Crippen LogP contribution in [0, 0.1) is 10.1 Å². The van der Waals surface area contributed by atoms with E-state index in [0.29, 0.717) is 28.9 Å². The fourth-order valence-corrected chi connectivity index (χ4v) is 5.44. The maximum atomic E-state index is 13.0. The number of esters is 1. The van der Waals surface area contributed by atoms with Crippen LogP contribution < -0.4 is 11.6 Å². The van der Waals surface area contributed by atoms with Crippen molar-refractivity contribution in [2.75, 3.05) is 0 Å². The number of hydrogen-bond acceptors (Lipinski definition) is 14. The Morgan fingerprint density at radius 1 is 1.04 bits per heavy atom. The number of nitrogens with zero attached hydrogens (tertiary/aromatic N) is 5. The molecule has 286 valence electrons. The van der Waals surface area contributed by atoms with Crippen LogP contribution >= 0.6 is 11.6 Å². The van der Waals surface area contributed by atoms with Gasteiger partial charge >= 0.3 is 12.1 Å². The number of carbonyl (C=O) groups is 3. The number of imidazole rings is 1. The van der Waals surface area contributed by atoms with E-state index in [0.717, 1.165) is 34.6 Å². The smallest absolute Gasteiger partial charge is 0.429 e. The van der Waals surface area contributed by atoms with E-state index < -0.39 is 29.7 Å². The van der Waals surface area contributed by atoms with E-state index in [-0.39, 0.29) is 42.9 Å². The number of halogens is 1. The van der Waals surface area contributed by atoms with Gasteiger partial charge in [-0.25, -0.2) is 20.4 Å². The molecule has 18 heteroatoms. The van der Waals surface area contributed by atoms with Crippen molar-refractivity contribution in [3.63, 3.8) is 0 Å². The molecule has 1 aromatic heterocycles. The van der Waals surface area contributed by atoms with Gasteiger partial charge in [0.1, 0.15) is 19.0 Å². The predicted octanol–water partition coefficient (Wildman–Crippen LogP) is 5.47. The zero-order valence-corrected chi connectivity index (χ0v) is 30.5. The molecule has 0 bridgehead atoms. The molecule has 4 N–H and O–H groups in total. The molecule has 0 aliphatic rings. The van der Waals surface area contributed by atoms with Gasteiger partial charge < -0.3 is 34.1 Å². The monoisotopic (exact) mass is 765 g/mol. The third-order valence-electron chi connectivity index (χ3n) is 7.83. The van der Waals surface area contributed by atoms with Gasteiger partial charge in [0.25, 0.3) is 11.6 Å². The lowest BCUT2D eigenvalue weighted by Gasteiger charge is -2.21. The van der Waals surface area contributed by atoms with E-state index in [1.54, 1.807) is 41.0 Å². The molecule has 1 heterocycles. The first kappa shape index (κ1) is 40.6. The topological polar surface area (TPSA) is 226 Å². The Hall–Kier alpha value is -6.20. The van der Waals surface area contributed by atoms with Crippen molar-refractivity contribution in [1.29, 1.82) is 0 Å². The molecule has 2 atom stereocenters. The number of unbranched alkanes of at least 4 members (excludes halogenated alkanes) is 1. The minimum Gasteiger partial charge on any atom is -0.429 e. The Kier molecular flexibility index (Phi) is 14.7. The molecule has 0 aliphatic heterocycles. The highest BCUT2D eigenvalue weighted by Gasteiger charge is 2.25. The number of hydrogen-bond donors (Lipinski definition) is 2. The van der Waals surface area contributed by atoms with E-state index in [1.807, 2.05) is 43.3 Å². The molecule has 0 fully saturated rings. The van der Waals surface area contributed by atoms with Crippen molar-refractivity contribution < 1.29 is 43.3 Å². The van der Waals surface area contributed by atoms with Gasteiger partial charge in [-0.15, -0.1) is 15.2 Å². The average molecular weight is 766 g/mol. The summed E-state index contributed by atoms with van der Waals surface area (Å²) in [4.78, 5) is 55.4. The molecule has 0 saturated carbocycles. The fourth-order valence-electron chi connectivity index (χ4n) is 5.17. The molecule has 4 rings (SSSR count). The fraction of sp³-hybridized carbons (Fsp3) is 0.306. The summed E-state index contributed by atoms with van der Waals surface area (Å²) >= 11 is 6.41. The average Bonchev–Trinajstić information content (AvgIpc) is 3.46. The van der Waals surface area contributed by atoms with Gasteiger partial charge in [-0.2, -0.15) is 5.12 Å². The zero-order valence-electron chi connectivity index (χ0n) is 29.8. The SMILES string of the molecule is CCCCc1nc(Cl)c(C(=O)OC(C)OC=O)n1Cc1ccc(-c2ccccc2/C(N)=N/N(N)C(C)OC(=O)OCc2cccc(CO[N+](=O)[O-])c2)cc1. The third kappa shape index (κ3) is 11.4. The number of rotatable bonds is 19. The molecule has 4 aromatic rings. The van der Waals surface area contributed by atoms with Crippen molar-refractivity contribution in [3.05, 3.63) is 122 Å². The van der Waals surface area contributed by atoms with Gasteiger partial charge in [0.15, 0.2) is 16.7 Å². The summed E-state index contributed by atoms with van der Waals surface area (Å²) in [5, 5.41) is 14.7. The Bertz CT molecular complexity index is 1950. The van der Waals surface area contributed by atoms with Gasteiger partial charge in [0.05, 0.1) is 0 Å². The van der Waals surface area contributed by atoms with Crippen molar-refractivity contribution >= 4 is 36.0 Å². The van der Waals surface area contributed by atoms with Crippen LogP contribution in [0.1, 0.15) is 72.2 Å². The van der Waals surface area contributed by atoms with Crippen LogP contribution in [0.25, 0.3) is 11.1 Å². The van der Waals surface area contributed by atoms with Crippen LogP contribution in [0.4, 0.5) is 4.79 Å². The third-order valence-corrected chi connectivity index (χ3v) is 8.09. The Labute approximate surface area is 315 Å². The standard InChI is InChI=1S/C36H40ClN7O10/c1-4-5-13-31-40-33(37)32(35(46)54-24(3)51-22-45)42(31)19-25-14-16-28(17-15-25)29-11-6-7-12-30(29)34(38)41-43(39)23(2)53-36(47)50-20-26-9-8-10-27(18-26)21-52-44(48)49/h6-12,14-18,22-24H,4-5,13,19-21,39H2,1-3H3,(H2,38,41). The summed E-state index contributed by atoms with van der Waals surface area (Å²) in [6.07, 6.45) is -0.917. The summed E-state index contributed by atoms with van der Waals surface area (Å²) in [6, 6.07) is 21.3. The van der Waals surface area contributed by atoms with E-state index in [4.69, 9.17) is 42.1 Å². The minimum absolute atomic E-state index is 0.0131. The first-order valence-corrected chi connectivity index (χ1v) is 17.1. The molecule has 0 amide bonds. The van der Waals surface area contributed by atoms with Crippen LogP contribution in [0.3, 0.4) is 0 Å². The zero-order chi connectivity index (χ0) is 39.2. The molecule has 3 aromatic carbocycles. The maximum Gasteiger partial charge on any atom is 0.510 e. The summed E-state index contributed by atoms with van der Waals surface area (Å²) in [5.41, 5.74) is 10.4. The van der Waals surface area contributed by atoms with E-state index >= 15 is 0 Å². The number of aryl methyl sites for hydroxylation is 1. The molecule has 0 radical (unpaired) electrons. The highest BCUT2D eigenvalue weighted by atomic mass is 35.5. The van der Waals surface area contributed by atoms with Gasteiger partial charge in [-0.3, -0.25) is 4.79 Å². The number of amidine groups is 1. The lowest BCUT2D eigenvalue weighted by Crippen LogP contribution is -2.40. The highest BCUT2D eigenvalue weighted by Crippen LogP contribution is 2.26. The van der Waals surface area contributed by atoms with Crippen LogP contribution in [-0.4, -0.2) is 56.7 Å². The quantitative estimate of drug-likeness (QED) is 0.0176. The number of aromatic nitrogens is 2. The lowest BCUT2D eigenvalue weighted by molar-refractivity contribution is -0.763. The minimum atomic E-state index is -1.11. The Balaban J connectivity index is 1.44. The van der Waals surface area contributed by atoms with Crippen LogP contribution in [0.2, 0.25) is 5.15 Å². The van der Waals surface area contributed by atoms with Gasteiger partial charge in [-0.1, -0.05) is 97.7 Å². The molecule has 2 unspecified atom stereocenters. The number of benzene rings is 3. The van der Waals surface area contributed by atoms with Crippen molar-refractivity contribution in [2.45, 2.75) is 72.3 Å². The van der Waals surface area contributed by atoms with Crippen LogP contribution in [-0.2, 0) is 54.8 Å². The van der Waals surface area contributed by atoms with Gasteiger partial charge in [-0.05, 0) is 41.2 Å². The van der Waals surface area contributed by atoms with Gasteiger partial charge in [0.2, 0.25) is 12.5 Å². The number of hydrazine groups is 1. The summed E-state index contributed by atoms with van der Waals surface area (Å²) in [6.45, 7) is 4.97. The highest BCUT2D eigenvalue weighted by molar-refractivity contribution is 6.32. The largest absolute Gasteiger partial charge is 0.510 e. The molecule has 17 nitrogen and oxygen atoms in total. The first-order chi connectivity index (χ1) is 25.9. The molecule has 54 heavy (non-hydrogen) atoms. The number of ether oxygens (including phenoxy) is 4. The Morgan fingerprint density at radius 2 is 1.74 bits per heavy atom. The second-order valence-electron chi connectivity index (χ2n) is 11.7. The molecule has 0 aliphatic carbocycles. The normalized spacial score (nSPS) is 12.3. The predicted molar refractivity (Wildman–Crippen MR) is 195 cm³/mol. The van der Waals surface area contributed by atoms with E-state index in [9.17, 15) is 24.5 Å². The second-order valence-corrected chi connectivity index (χ2v) is 12.1. The van der Waals surface area contributed by atoms with Gasteiger partial charge in [0, 0.05) is 25.5 Å². The van der Waals surface area contributed by atoms with Crippen molar-refractivity contribution in [3.8, 4) is 11.1 Å². The van der Waals surface area contributed by atoms with Crippen LogP contribution in [0.15, 0.2) is 77.9 Å². The molecule has 0 spiro atoms. The molecule has 0 saturated heterocycles. The number of carbonyl (C=O) groups excluding carboxylic acids is 3. The first-order valence-electron chi connectivity index (χ1n) is 16.7. The molecular weight excluding hydrogens is 726 g/mol.